The lowest BCUT2D eigenvalue weighted by Crippen LogP contribution is -2.55. The lowest BCUT2D eigenvalue weighted by molar-refractivity contribution is -0.0399. The first-order valence-electron chi connectivity index (χ1n) is 22.9. The Bertz CT molecular complexity index is 2540. The van der Waals surface area contributed by atoms with Crippen LogP contribution >= 0.6 is 0 Å². The van der Waals surface area contributed by atoms with Crippen LogP contribution in [0.4, 0.5) is 17.1 Å². The van der Waals surface area contributed by atoms with Crippen molar-refractivity contribution in [3.63, 3.8) is 0 Å². The van der Waals surface area contributed by atoms with Gasteiger partial charge >= 0.3 is 0 Å². The lowest BCUT2D eigenvalue weighted by atomic mass is 9.43. The molecule has 0 amide bonds. The summed E-state index contributed by atoms with van der Waals surface area (Å²) in [5.74, 6) is 6.36. The zero-order chi connectivity index (χ0) is 38.3. The third-order valence-electron chi connectivity index (χ3n) is 17.4. The van der Waals surface area contributed by atoms with Gasteiger partial charge in [0.25, 0.3) is 0 Å². The maximum Gasteiger partial charge on any atom is 0.0543 e. The van der Waals surface area contributed by atoms with Crippen molar-refractivity contribution < 1.29 is 0 Å². The zero-order valence-electron chi connectivity index (χ0n) is 34.2. The molecule has 6 bridgehead atoms. The normalized spacial score (nSPS) is 32.9. The average Bonchev–Trinajstić information content (AvgIpc) is 3.70. The Balaban J connectivity index is 1.03. The minimum atomic E-state index is 0.0898. The summed E-state index contributed by atoms with van der Waals surface area (Å²) in [5.41, 5.74) is 19.0. The second-order valence-corrected chi connectivity index (χ2v) is 20.4. The molecule has 6 saturated carbocycles. The molecule has 0 heterocycles. The summed E-state index contributed by atoms with van der Waals surface area (Å²) in [4.78, 5) is 2.65. The molecule has 0 radical (unpaired) electrons. The lowest BCUT2D eigenvalue weighted by Gasteiger charge is -2.61. The van der Waals surface area contributed by atoms with Crippen molar-refractivity contribution >= 4 is 17.1 Å². The Kier molecular flexibility index (Phi) is 7.23. The van der Waals surface area contributed by atoms with Crippen LogP contribution in [0.15, 0.2) is 140 Å². The van der Waals surface area contributed by atoms with Gasteiger partial charge in [-0.1, -0.05) is 123 Å². The highest BCUT2D eigenvalue weighted by molar-refractivity contribution is 5.97. The Morgan fingerprint density at radius 3 is 1.57 bits per heavy atom. The quantitative estimate of drug-likeness (QED) is 0.173. The van der Waals surface area contributed by atoms with Crippen molar-refractivity contribution in [1.82, 2.24) is 0 Å². The van der Waals surface area contributed by atoms with Crippen LogP contribution in [-0.2, 0) is 10.8 Å². The maximum atomic E-state index is 2.65. The van der Waals surface area contributed by atoms with Crippen LogP contribution in [-0.4, -0.2) is 0 Å². The number of benzene rings is 6. The molecule has 0 unspecified atom stereocenters. The summed E-state index contributed by atoms with van der Waals surface area (Å²) in [7, 11) is 0. The highest BCUT2D eigenvalue weighted by Crippen LogP contribution is 2.71. The number of anilines is 3. The van der Waals surface area contributed by atoms with E-state index < -0.39 is 0 Å². The van der Waals surface area contributed by atoms with Gasteiger partial charge in [-0.3, -0.25) is 0 Å². The summed E-state index contributed by atoms with van der Waals surface area (Å²) in [5, 5.41) is 0. The van der Waals surface area contributed by atoms with Crippen molar-refractivity contribution in [3.05, 3.63) is 162 Å². The third kappa shape index (κ3) is 4.44. The van der Waals surface area contributed by atoms with Crippen LogP contribution in [0.1, 0.15) is 93.9 Å². The van der Waals surface area contributed by atoms with Crippen molar-refractivity contribution in [2.45, 2.75) is 82.5 Å². The summed E-state index contributed by atoms with van der Waals surface area (Å²) in [6.45, 7) is 5.06. The van der Waals surface area contributed by atoms with Gasteiger partial charge in [0, 0.05) is 27.8 Å². The summed E-state index contributed by atoms with van der Waals surface area (Å²) < 4.78 is 0. The third-order valence-corrected chi connectivity index (χ3v) is 17.4. The van der Waals surface area contributed by atoms with Crippen LogP contribution in [0, 0.1) is 47.3 Å². The minimum Gasteiger partial charge on any atom is -0.310 e. The standard InChI is InChI=1S/C57H55N/c1-35-25-41-27-36(2)28-42(26-35)57(41)51-16-9-7-14-48(51)55-53(57)17-10-18-54(55)58(45-21-19-40(20-22-45)39-11-4-3-5-12-39)46-23-24-52-49(34-46)47-13-6-8-15-50(47)56(52)43-30-37-29-38(32-43)33-44(56)31-37/h3-24,34-38,41-44H,25-33H2,1-2H3. The Morgan fingerprint density at radius 2 is 0.897 bits per heavy atom. The van der Waals surface area contributed by atoms with E-state index in [1.807, 2.05) is 0 Å². The molecule has 6 fully saturated rings. The predicted octanol–water partition coefficient (Wildman–Crippen LogP) is 14.9. The zero-order valence-corrected chi connectivity index (χ0v) is 34.2. The Morgan fingerprint density at radius 1 is 0.397 bits per heavy atom. The Labute approximate surface area is 345 Å². The van der Waals surface area contributed by atoms with Crippen molar-refractivity contribution in [1.29, 1.82) is 0 Å². The van der Waals surface area contributed by atoms with Gasteiger partial charge in [0.15, 0.2) is 0 Å². The highest BCUT2D eigenvalue weighted by Gasteiger charge is 2.62. The summed E-state index contributed by atoms with van der Waals surface area (Å²) in [6.07, 6.45) is 12.5. The van der Waals surface area contributed by atoms with Gasteiger partial charge in [-0.05, 0) is 186 Å². The number of fused-ring (bicyclic) bond motifs is 6. The fourth-order valence-corrected chi connectivity index (χ4v) is 16.0. The predicted molar refractivity (Wildman–Crippen MR) is 240 cm³/mol. The van der Waals surface area contributed by atoms with Crippen molar-refractivity contribution in [2.75, 3.05) is 4.90 Å². The monoisotopic (exact) mass is 753 g/mol. The van der Waals surface area contributed by atoms with E-state index in [1.54, 1.807) is 22.3 Å². The summed E-state index contributed by atoms with van der Waals surface area (Å²) in [6, 6.07) is 54.8. The van der Waals surface area contributed by atoms with Crippen LogP contribution in [0.2, 0.25) is 0 Å². The molecule has 6 aromatic rings. The molecule has 0 atom stereocenters. The molecule has 0 aliphatic heterocycles. The molecule has 8 aliphatic carbocycles. The molecule has 2 spiro atoms. The van der Waals surface area contributed by atoms with Crippen LogP contribution in [0.3, 0.4) is 0 Å². The number of nitrogens with zero attached hydrogens (tertiary/aromatic N) is 1. The van der Waals surface area contributed by atoms with Gasteiger partial charge in [0.2, 0.25) is 0 Å². The second kappa shape index (κ2) is 12.3. The summed E-state index contributed by atoms with van der Waals surface area (Å²) >= 11 is 0. The molecule has 8 aliphatic rings. The highest BCUT2D eigenvalue weighted by atomic mass is 15.1. The molecule has 14 rings (SSSR count). The molecule has 1 heteroatoms. The van der Waals surface area contributed by atoms with Crippen molar-refractivity contribution in [3.8, 4) is 33.4 Å². The first-order chi connectivity index (χ1) is 28.5. The van der Waals surface area contributed by atoms with Gasteiger partial charge in [-0.2, -0.15) is 0 Å². The van der Waals surface area contributed by atoms with Gasteiger partial charge < -0.3 is 4.90 Å². The molecule has 1 nitrogen and oxygen atoms in total. The topological polar surface area (TPSA) is 3.24 Å². The Hall–Kier alpha value is -4.88. The molecular formula is C57H55N. The first kappa shape index (κ1) is 34.0. The molecule has 58 heavy (non-hydrogen) atoms. The van der Waals surface area contributed by atoms with Gasteiger partial charge in [-0.25, -0.2) is 0 Å². The fourth-order valence-electron chi connectivity index (χ4n) is 16.0. The van der Waals surface area contributed by atoms with E-state index in [1.165, 1.54) is 108 Å². The van der Waals surface area contributed by atoms with E-state index >= 15 is 0 Å². The fraction of sp³-hybridized carbons (Fsp3) is 0.368. The maximum absolute atomic E-state index is 2.65. The molecule has 6 aromatic carbocycles. The van der Waals surface area contributed by atoms with Crippen LogP contribution in [0.5, 0.6) is 0 Å². The van der Waals surface area contributed by atoms with Crippen molar-refractivity contribution in [2.24, 2.45) is 47.3 Å². The average molecular weight is 754 g/mol. The van der Waals surface area contributed by atoms with E-state index in [9.17, 15) is 0 Å². The largest absolute Gasteiger partial charge is 0.310 e. The molecule has 0 aromatic heterocycles. The molecule has 288 valence electrons. The van der Waals surface area contributed by atoms with Gasteiger partial charge in [0.05, 0.1) is 5.69 Å². The van der Waals surface area contributed by atoms with E-state index in [4.69, 9.17) is 0 Å². The van der Waals surface area contributed by atoms with Crippen LogP contribution in [0.25, 0.3) is 33.4 Å². The van der Waals surface area contributed by atoms with Gasteiger partial charge in [-0.15, -0.1) is 0 Å². The van der Waals surface area contributed by atoms with E-state index in [0.717, 1.165) is 35.5 Å². The number of rotatable bonds is 4. The minimum absolute atomic E-state index is 0.0898. The van der Waals surface area contributed by atoms with Gasteiger partial charge in [0.1, 0.15) is 0 Å². The molecular weight excluding hydrogens is 699 g/mol. The van der Waals surface area contributed by atoms with E-state index in [0.29, 0.717) is 11.8 Å². The molecule has 0 N–H and O–H groups in total. The smallest absolute Gasteiger partial charge is 0.0543 e. The number of hydrogen-bond donors (Lipinski definition) is 0. The first-order valence-corrected chi connectivity index (χ1v) is 22.9. The second-order valence-electron chi connectivity index (χ2n) is 20.4. The van der Waals surface area contributed by atoms with E-state index in [2.05, 4.69) is 158 Å². The molecule has 0 saturated heterocycles. The SMILES string of the molecule is CC1CC2CC(C)CC(C1)C21c2ccccc2-c2c(N(c3ccc(-c4ccccc4)cc3)c3ccc4c(c3)-c3ccccc3C43C4CC5CC(C4)CC3C5)cccc21. The van der Waals surface area contributed by atoms with Crippen LogP contribution < -0.4 is 4.90 Å². The number of hydrogen-bond acceptors (Lipinski definition) is 1. The van der Waals surface area contributed by atoms with E-state index in [-0.39, 0.29) is 10.8 Å².